The van der Waals surface area contributed by atoms with Crippen molar-refractivity contribution in [2.75, 3.05) is 18.4 Å². The van der Waals surface area contributed by atoms with Crippen molar-refractivity contribution < 1.29 is 29.4 Å². The zero-order valence-electron chi connectivity index (χ0n) is 19.4. The summed E-state index contributed by atoms with van der Waals surface area (Å²) in [5.41, 5.74) is -0.658. The van der Waals surface area contributed by atoms with Crippen LogP contribution in [0.15, 0.2) is 18.2 Å². The Bertz CT molecular complexity index is 1280. The van der Waals surface area contributed by atoms with Crippen LogP contribution < -0.4 is 26.6 Å². The highest BCUT2D eigenvalue weighted by Gasteiger charge is 2.74. The fourth-order valence-corrected chi connectivity index (χ4v) is 6.05. The van der Waals surface area contributed by atoms with Gasteiger partial charge in [-0.3, -0.25) is 34.9 Å². The van der Waals surface area contributed by atoms with E-state index in [0.29, 0.717) is 11.3 Å². The molecule has 0 saturated carbocycles. The number of anilines is 1. The van der Waals surface area contributed by atoms with Gasteiger partial charge in [-0.25, -0.2) is 0 Å². The third kappa shape index (κ3) is 3.13. The molecule has 0 aromatic heterocycles. The molecule has 0 radical (unpaired) electrons. The molecular weight excluding hydrogens is 486 g/mol. The lowest BCUT2D eigenvalue weighted by molar-refractivity contribution is -0.232. The predicted molar refractivity (Wildman–Crippen MR) is 125 cm³/mol. The fraction of sp³-hybridized carbons (Fsp3) is 0.455. The van der Waals surface area contributed by atoms with Gasteiger partial charge in [-0.05, 0) is 17.7 Å². The second kappa shape index (κ2) is 7.63. The van der Waals surface area contributed by atoms with Crippen LogP contribution in [0.1, 0.15) is 28.8 Å². The molecule has 1 unspecified atom stereocenters. The summed E-state index contributed by atoms with van der Waals surface area (Å²) >= 11 is 0. The number of amides is 4. The minimum absolute atomic E-state index is 0.0119. The summed E-state index contributed by atoms with van der Waals surface area (Å²) in [6.07, 6.45) is 0.168. The number of likely N-dealkylation sites (tertiary alicyclic amines) is 1. The van der Waals surface area contributed by atoms with Gasteiger partial charge in [0.2, 0.25) is 23.5 Å². The third-order valence-corrected chi connectivity index (χ3v) is 7.77. The molecule has 4 fully saturated rings. The van der Waals surface area contributed by atoms with Gasteiger partial charge in [0.1, 0.15) is 6.04 Å². The first kappa shape index (κ1) is 23.2. The lowest BCUT2D eigenvalue weighted by atomic mass is 9.84. The molecule has 1 spiro atoms. The SMILES string of the molecule is N=C1N[C@H]2[C@H](CN3C(=O)CCC3=O)NC(=N)N3CC(NC(=O)c4cccc5c4CC(=O)N5)C(O)(O)[C@]23N1. The summed E-state index contributed by atoms with van der Waals surface area (Å²) in [6.45, 7) is -0.351. The molecule has 4 atom stereocenters. The first-order valence-corrected chi connectivity index (χ1v) is 11.8. The Kier molecular flexibility index (Phi) is 4.78. The minimum Gasteiger partial charge on any atom is -0.361 e. The van der Waals surface area contributed by atoms with Crippen molar-refractivity contribution in [3.63, 3.8) is 0 Å². The molecule has 1 aromatic carbocycles. The van der Waals surface area contributed by atoms with E-state index < -0.39 is 35.5 Å². The molecule has 37 heavy (non-hydrogen) atoms. The molecule has 6 rings (SSSR count). The Balaban J connectivity index is 1.31. The number of rotatable bonds is 4. The van der Waals surface area contributed by atoms with Gasteiger partial charge in [0.05, 0.1) is 25.0 Å². The maximum atomic E-state index is 13.2. The second-order valence-corrected chi connectivity index (χ2v) is 9.81. The number of imide groups is 1. The van der Waals surface area contributed by atoms with Crippen molar-refractivity contribution in [2.24, 2.45) is 0 Å². The van der Waals surface area contributed by atoms with Gasteiger partial charge >= 0.3 is 0 Å². The van der Waals surface area contributed by atoms with Crippen molar-refractivity contribution in [1.29, 1.82) is 10.8 Å². The number of benzene rings is 1. The summed E-state index contributed by atoms with van der Waals surface area (Å²) in [5, 5.41) is 53.6. The normalized spacial score (nSPS) is 31.3. The highest BCUT2D eigenvalue weighted by Crippen LogP contribution is 2.43. The lowest BCUT2D eigenvalue weighted by Gasteiger charge is -2.51. The Morgan fingerprint density at radius 1 is 1.14 bits per heavy atom. The topological polar surface area (TPSA) is 223 Å². The van der Waals surface area contributed by atoms with E-state index >= 15 is 0 Å². The second-order valence-electron chi connectivity index (χ2n) is 9.81. The monoisotopic (exact) mass is 511 g/mol. The van der Waals surface area contributed by atoms with Crippen LogP contribution in [0.25, 0.3) is 0 Å². The summed E-state index contributed by atoms with van der Waals surface area (Å²) in [6, 6.07) is 1.67. The van der Waals surface area contributed by atoms with Gasteiger partial charge < -0.3 is 41.7 Å². The Labute approximate surface area is 209 Å². The molecule has 0 bridgehead atoms. The molecule has 4 amide bonds. The smallest absolute Gasteiger partial charge is 0.252 e. The van der Waals surface area contributed by atoms with Crippen LogP contribution in [-0.2, 0) is 20.8 Å². The minimum atomic E-state index is -2.71. The summed E-state index contributed by atoms with van der Waals surface area (Å²) in [5.74, 6) is -4.81. The van der Waals surface area contributed by atoms with Gasteiger partial charge in [-0.2, -0.15) is 0 Å². The third-order valence-electron chi connectivity index (χ3n) is 7.77. The number of hydrogen-bond acceptors (Lipinski definition) is 8. The van der Waals surface area contributed by atoms with Crippen LogP contribution in [-0.4, -0.2) is 98.2 Å². The Morgan fingerprint density at radius 3 is 2.59 bits per heavy atom. The molecule has 15 nitrogen and oxygen atoms in total. The molecular formula is C22H25N9O6. The van der Waals surface area contributed by atoms with E-state index in [2.05, 4.69) is 26.6 Å². The van der Waals surface area contributed by atoms with E-state index in [4.69, 9.17) is 10.8 Å². The molecule has 0 aliphatic carbocycles. The number of nitrogens with one attached hydrogen (secondary N) is 7. The van der Waals surface area contributed by atoms with Crippen molar-refractivity contribution in [1.82, 2.24) is 31.1 Å². The fourth-order valence-electron chi connectivity index (χ4n) is 6.05. The van der Waals surface area contributed by atoms with Gasteiger partial charge in [0, 0.05) is 30.6 Å². The van der Waals surface area contributed by atoms with E-state index in [-0.39, 0.29) is 67.6 Å². The van der Waals surface area contributed by atoms with Crippen molar-refractivity contribution >= 4 is 41.2 Å². The van der Waals surface area contributed by atoms with Crippen LogP contribution in [0.4, 0.5) is 5.69 Å². The van der Waals surface area contributed by atoms with Gasteiger partial charge in [-0.15, -0.1) is 0 Å². The highest BCUT2D eigenvalue weighted by atomic mass is 16.5. The number of guanidine groups is 2. The maximum absolute atomic E-state index is 13.2. The summed E-state index contributed by atoms with van der Waals surface area (Å²) in [4.78, 5) is 51.9. The number of hydrogen-bond donors (Lipinski definition) is 9. The molecule has 5 aliphatic rings. The molecule has 194 valence electrons. The van der Waals surface area contributed by atoms with Crippen LogP contribution in [0.5, 0.6) is 0 Å². The van der Waals surface area contributed by atoms with E-state index in [1.54, 1.807) is 12.1 Å². The molecule has 4 saturated heterocycles. The largest absolute Gasteiger partial charge is 0.361 e. The van der Waals surface area contributed by atoms with Crippen LogP contribution in [0.3, 0.4) is 0 Å². The molecule has 5 aliphatic heterocycles. The first-order valence-electron chi connectivity index (χ1n) is 11.8. The van der Waals surface area contributed by atoms with Crippen molar-refractivity contribution in [3.05, 3.63) is 29.3 Å². The Hall–Kier alpha value is -4.24. The standard InChI is InChI=1S/C22H25N9O6/c23-19-28-17-12(7-30-15(33)4-5-16(30)34)26-20(24)31-8-13(22(36,37)21(17,31)29-19)27-18(35)9-2-1-3-11-10(9)6-14(32)25-11/h1-3,12-13,17,36-37H,4-8H2,(H2,24,26)(H,25,32)(H,27,35)(H3,23,28,29)/t12-,13?,17-,21-/m0/s1. The zero-order valence-corrected chi connectivity index (χ0v) is 19.4. The summed E-state index contributed by atoms with van der Waals surface area (Å²) < 4.78 is 0. The van der Waals surface area contributed by atoms with E-state index in [1.807, 2.05) is 0 Å². The average Bonchev–Trinajstić information content (AvgIpc) is 3.54. The molecule has 5 heterocycles. The van der Waals surface area contributed by atoms with Crippen LogP contribution >= 0.6 is 0 Å². The van der Waals surface area contributed by atoms with Crippen molar-refractivity contribution in [3.8, 4) is 0 Å². The highest BCUT2D eigenvalue weighted by molar-refractivity contribution is 6.06. The van der Waals surface area contributed by atoms with E-state index in [9.17, 15) is 29.4 Å². The average molecular weight is 511 g/mol. The number of fused-ring (bicyclic) bond motifs is 1. The van der Waals surface area contributed by atoms with Crippen LogP contribution in [0.2, 0.25) is 0 Å². The predicted octanol–water partition coefficient (Wildman–Crippen LogP) is -3.48. The van der Waals surface area contributed by atoms with E-state index in [0.717, 1.165) is 4.90 Å². The van der Waals surface area contributed by atoms with Gasteiger partial charge in [0.25, 0.3) is 5.91 Å². The Morgan fingerprint density at radius 2 is 1.86 bits per heavy atom. The summed E-state index contributed by atoms with van der Waals surface area (Å²) in [7, 11) is 0. The first-order chi connectivity index (χ1) is 17.5. The van der Waals surface area contributed by atoms with Crippen LogP contribution in [0, 0.1) is 10.8 Å². The molecule has 15 heteroatoms. The quantitative estimate of drug-likeness (QED) is 0.143. The van der Waals surface area contributed by atoms with E-state index in [1.165, 1.54) is 11.0 Å². The molecule has 1 aromatic rings. The zero-order chi connectivity index (χ0) is 26.3. The van der Waals surface area contributed by atoms with Gasteiger partial charge in [0.15, 0.2) is 17.6 Å². The maximum Gasteiger partial charge on any atom is 0.252 e. The number of aliphatic hydroxyl groups is 2. The number of nitrogens with zero attached hydrogens (tertiary/aromatic N) is 2. The number of carbonyl (C=O) groups is 4. The lowest BCUT2D eigenvalue weighted by Crippen LogP contribution is -2.81. The van der Waals surface area contributed by atoms with Gasteiger partial charge in [-0.1, -0.05) is 6.07 Å². The molecule has 9 N–H and O–H groups in total. The van der Waals surface area contributed by atoms with Crippen molar-refractivity contribution in [2.45, 2.75) is 48.8 Å². The number of carbonyl (C=O) groups excluding carboxylic acids is 4.